The van der Waals surface area contributed by atoms with Crippen LogP contribution < -0.4 is 5.73 Å². The molecule has 0 aromatic carbocycles. The highest BCUT2D eigenvalue weighted by molar-refractivity contribution is 5.95. The van der Waals surface area contributed by atoms with Gasteiger partial charge in [0, 0.05) is 18.3 Å². The lowest BCUT2D eigenvalue weighted by atomic mass is 10.0. The first kappa shape index (κ1) is 15.4. The predicted molar refractivity (Wildman–Crippen MR) is 75.9 cm³/mol. The number of aryl methyl sites for hydroxylation is 1. The summed E-state index contributed by atoms with van der Waals surface area (Å²) in [6.07, 6.45) is 1.74. The highest BCUT2D eigenvalue weighted by Gasteiger charge is 2.27. The Morgan fingerprint density at radius 3 is 2.63 bits per heavy atom. The van der Waals surface area contributed by atoms with E-state index in [9.17, 15) is 9.90 Å². The number of carbonyl (C=O) groups is 1. The molecule has 0 saturated carbocycles. The van der Waals surface area contributed by atoms with Crippen LogP contribution in [0.2, 0.25) is 0 Å². The van der Waals surface area contributed by atoms with Crippen molar-refractivity contribution in [3.05, 3.63) is 23.4 Å². The summed E-state index contributed by atoms with van der Waals surface area (Å²) >= 11 is 0. The molecule has 0 aliphatic carbocycles. The summed E-state index contributed by atoms with van der Waals surface area (Å²) in [5.74, 6) is 0.190. The van der Waals surface area contributed by atoms with Crippen LogP contribution in [0.1, 0.15) is 43.2 Å². The van der Waals surface area contributed by atoms with E-state index in [0.717, 1.165) is 18.5 Å². The molecule has 0 atom stereocenters. The van der Waals surface area contributed by atoms with Crippen LogP contribution in [0.15, 0.2) is 12.1 Å². The van der Waals surface area contributed by atoms with Crippen molar-refractivity contribution in [2.45, 2.75) is 39.2 Å². The van der Waals surface area contributed by atoms with Crippen LogP contribution in [0.25, 0.3) is 0 Å². The molecule has 0 spiro atoms. The van der Waals surface area contributed by atoms with Gasteiger partial charge < -0.3 is 15.7 Å². The van der Waals surface area contributed by atoms with Crippen LogP contribution in [-0.2, 0) is 6.42 Å². The average Bonchev–Trinajstić information content (AvgIpc) is 2.36. The molecule has 1 aromatic rings. The largest absolute Gasteiger partial charge is 0.394 e. The zero-order chi connectivity index (χ0) is 14.6. The van der Waals surface area contributed by atoms with Crippen molar-refractivity contribution in [1.29, 1.82) is 0 Å². The van der Waals surface area contributed by atoms with E-state index in [-0.39, 0.29) is 12.5 Å². The summed E-state index contributed by atoms with van der Waals surface area (Å²) in [6, 6.07) is 3.34. The van der Waals surface area contributed by atoms with E-state index in [1.165, 1.54) is 4.90 Å². The molecule has 3 N–H and O–H groups in total. The minimum absolute atomic E-state index is 0.0996. The van der Waals surface area contributed by atoms with E-state index in [4.69, 9.17) is 5.73 Å². The zero-order valence-electron chi connectivity index (χ0n) is 12.1. The van der Waals surface area contributed by atoms with Crippen molar-refractivity contribution in [3.63, 3.8) is 0 Å². The molecule has 1 aromatic heterocycles. The van der Waals surface area contributed by atoms with E-state index in [2.05, 4.69) is 4.98 Å². The molecule has 0 unspecified atom stereocenters. The van der Waals surface area contributed by atoms with Crippen molar-refractivity contribution < 1.29 is 9.90 Å². The molecular weight excluding hydrogens is 242 g/mol. The number of aromatic nitrogens is 1. The van der Waals surface area contributed by atoms with Gasteiger partial charge in [-0.2, -0.15) is 0 Å². The summed E-state index contributed by atoms with van der Waals surface area (Å²) in [7, 11) is 1.68. The third kappa shape index (κ3) is 3.67. The fourth-order valence-electron chi connectivity index (χ4n) is 1.69. The lowest BCUT2D eigenvalue weighted by Crippen LogP contribution is -2.47. The number of nitrogens with two attached hydrogens (primary N) is 1. The van der Waals surface area contributed by atoms with Crippen molar-refractivity contribution in [2.24, 2.45) is 0 Å². The molecular formula is C14H23N3O2. The summed E-state index contributed by atoms with van der Waals surface area (Å²) in [5.41, 5.74) is 6.46. The number of hydrogen-bond acceptors (Lipinski definition) is 4. The summed E-state index contributed by atoms with van der Waals surface area (Å²) < 4.78 is 0. The molecule has 1 rings (SSSR count). The van der Waals surface area contributed by atoms with E-state index in [1.807, 2.05) is 20.8 Å². The SMILES string of the molecule is CCCc1cc(C(=O)N(C)C(C)(C)CO)cc(N)n1. The quantitative estimate of drug-likeness (QED) is 0.844. The number of carbonyl (C=O) groups excluding carboxylic acids is 1. The molecule has 0 aliphatic rings. The first-order chi connectivity index (χ1) is 8.81. The van der Waals surface area contributed by atoms with Gasteiger partial charge in [-0.05, 0) is 32.4 Å². The standard InChI is InChI=1S/C14H23N3O2/c1-5-6-11-7-10(8-12(15)16-11)13(19)17(4)14(2,3)9-18/h7-8,18H,5-6,9H2,1-4H3,(H2,15,16). The summed E-state index contributed by atoms with van der Waals surface area (Å²) in [5, 5.41) is 9.32. The fourth-order valence-corrected chi connectivity index (χ4v) is 1.69. The Hall–Kier alpha value is -1.62. The number of amides is 1. The first-order valence-electron chi connectivity index (χ1n) is 6.47. The minimum atomic E-state index is -0.611. The smallest absolute Gasteiger partial charge is 0.254 e. The number of aliphatic hydroxyl groups excluding tert-OH is 1. The summed E-state index contributed by atoms with van der Waals surface area (Å²) in [6.45, 7) is 5.57. The van der Waals surface area contributed by atoms with Gasteiger partial charge in [0.05, 0.1) is 12.1 Å². The normalized spacial score (nSPS) is 11.4. The Morgan fingerprint density at radius 2 is 2.11 bits per heavy atom. The molecule has 0 fully saturated rings. The van der Waals surface area contributed by atoms with E-state index >= 15 is 0 Å². The Kier molecular flexibility index (Phi) is 4.89. The van der Waals surface area contributed by atoms with Crippen LogP contribution in [0.3, 0.4) is 0 Å². The van der Waals surface area contributed by atoms with Crippen LogP contribution in [0, 0.1) is 0 Å². The van der Waals surface area contributed by atoms with Crippen molar-refractivity contribution in [2.75, 3.05) is 19.4 Å². The Labute approximate surface area is 114 Å². The predicted octanol–water partition coefficient (Wildman–Crippen LogP) is 1.46. The second-order valence-electron chi connectivity index (χ2n) is 5.36. The van der Waals surface area contributed by atoms with Gasteiger partial charge >= 0.3 is 0 Å². The second kappa shape index (κ2) is 6.02. The highest BCUT2D eigenvalue weighted by atomic mass is 16.3. The Balaban J connectivity index is 3.05. The van der Waals surface area contributed by atoms with Gasteiger partial charge in [-0.1, -0.05) is 13.3 Å². The number of hydrogen-bond donors (Lipinski definition) is 2. The molecule has 0 bridgehead atoms. The van der Waals surface area contributed by atoms with Crippen LogP contribution in [0.4, 0.5) is 5.82 Å². The molecule has 0 radical (unpaired) electrons. The molecule has 5 heteroatoms. The van der Waals surface area contributed by atoms with E-state index < -0.39 is 5.54 Å². The molecule has 106 valence electrons. The number of rotatable bonds is 5. The molecule has 1 amide bonds. The van der Waals surface area contributed by atoms with Gasteiger partial charge in [-0.3, -0.25) is 4.79 Å². The van der Waals surface area contributed by atoms with Gasteiger partial charge in [0.15, 0.2) is 0 Å². The maximum absolute atomic E-state index is 12.4. The lowest BCUT2D eigenvalue weighted by Gasteiger charge is -2.34. The van der Waals surface area contributed by atoms with Crippen molar-refractivity contribution in [1.82, 2.24) is 9.88 Å². The third-order valence-corrected chi connectivity index (χ3v) is 3.25. The fraction of sp³-hybridized carbons (Fsp3) is 0.571. The lowest BCUT2D eigenvalue weighted by molar-refractivity contribution is 0.0473. The molecule has 5 nitrogen and oxygen atoms in total. The third-order valence-electron chi connectivity index (χ3n) is 3.25. The first-order valence-corrected chi connectivity index (χ1v) is 6.47. The molecule has 19 heavy (non-hydrogen) atoms. The number of likely N-dealkylation sites (N-methyl/N-ethyl adjacent to an activating group) is 1. The summed E-state index contributed by atoms with van der Waals surface area (Å²) in [4.78, 5) is 18.1. The number of aliphatic hydroxyl groups is 1. The topological polar surface area (TPSA) is 79.5 Å². The average molecular weight is 265 g/mol. The van der Waals surface area contributed by atoms with Crippen LogP contribution in [0.5, 0.6) is 0 Å². The Morgan fingerprint density at radius 1 is 1.47 bits per heavy atom. The number of nitrogen functional groups attached to an aromatic ring is 1. The van der Waals surface area contributed by atoms with Crippen molar-refractivity contribution in [3.8, 4) is 0 Å². The van der Waals surface area contributed by atoms with E-state index in [1.54, 1.807) is 19.2 Å². The van der Waals surface area contributed by atoms with Gasteiger partial charge in [0.1, 0.15) is 5.82 Å². The van der Waals surface area contributed by atoms with Gasteiger partial charge in [0.25, 0.3) is 5.91 Å². The number of pyridine rings is 1. The number of nitrogens with zero attached hydrogens (tertiary/aromatic N) is 2. The molecule has 0 aliphatic heterocycles. The van der Waals surface area contributed by atoms with Crippen LogP contribution >= 0.6 is 0 Å². The van der Waals surface area contributed by atoms with Gasteiger partial charge in [-0.15, -0.1) is 0 Å². The van der Waals surface area contributed by atoms with E-state index in [0.29, 0.717) is 11.4 Å². The maximum atomic E-state index is 12.4. The van der Waals surface area contributed by atoms with Crippen molar-refractivity contribution >= 4 is 11.7 Å². The molecule has 0 saturated heterocycles. The minimum Gasteiger partial charge on any atom is -0.394 e. The Bertz CT molecular complexity index is 458. The zero-order valence-corrected chi connectivity index (χ0v) is 12.1. The maximum Gasteiger partial charge on any atom is 0.254 e. The van der Waals surface area contributed by atoms with Gasteiger partial charge in [0.2, 0.25) is 0 Å². The number of anilines is 1. The molecule has 1 heterocycles. The monoisotopic (exact) mass is 265 g/mol. The highest BCUT2D eigenvalue weighted by Crippen LogP contribution is 2.17. The second-order valence-corrected chi connectivity index (χ2v) is 5.36. The van der Waals surface area contributed by atoms with Gasteiger partial charge in [-0.25, -0.2) is 4.98 Å². The van der Waals surface area contributed by atoms with Crippen LogP contribution in [-0.4, -0.2) is 40.1 Å².